The molecule has 0 saturated carbocycles. The van der Waals surface area contributed by atoms with Crippen LogP contribution in [-0.2, 0) is 0 Å². The first-order chi connectivity index (χ1) is 11.5. The van der Waals surface area contributed by atoms with Gasteiger partial charge in [-0.1, -0.05) is 35.3 Å². The molecule has 0 bridgehead atoms. The first-order valence-electron chi connectivity index (χ1n) is 7.25. The van der Waals surface area contributed by atoms with E-state index < -0.39 is 0 Å². The number of carbonyl (C=O) groups is 1. The number of aromatic nitrogens is 3. The Balaban J connectivity index is 1.71. The third-order valence-electron chi connectivity index (χ3n) is 3.61. The van der Waals surface area contributed by atoms with Gasteiger partial charge in [0.2, 0.25) is 0 Å². The number of nitrogens with zero attached hydrogens (tertiary/aromatic N) is 3. The van der Waals surface area contributed by atoms with E-state index in [0.717, 1.165) is 11.3 Å². The molecule has 2 aromatic carbocycles. The lowest BCUT2D eigenvalue weighted by Crippen LogP contribution is -2.26. The molecule has 24 heavy (non-hydrogen) atoms. The Kier molecular flexibility index (Phi) is 4.83. The topological polar surface area (TPSA) is 59.8 Å². The van der Waals surface area contributed by atoms with E-state index in [0.29, 0.717) is 15.6 Å². The second kappa shape index (κ2) is 7.03. The molecule has 1 atom stereocenters. The van der Waals surface area contributed by atoms with E-state index in [1.165, 1.54) is 6.33 Å². The second-order valence-corrected chi connectivity index (χ2v) is 6.07. The maximum atomic E-state index is 12.3. The molecule has 5 nitrogen and oxygen atoms in total. The SMILES string of the molecule is C[C@@H](NC(=O)c1ccc(Cl)c(Cl)c1)c1ccc(-n2cncn2)cc1. The summed E-state index contributed by atoms with van der Waals surface area (Å²) in [5, 5.41) is 7.79. The van der Waals surface area contributed by atoms with Gasteiger partial charge in [0.1, 0.15) is 12.7 Å². The number of nitrogens with one attached hydrogen (secondary N) is 1. The largest absolute Gasteiger partial charge is 0.346 e. The standard InChI is InChI=1S/C17H14Cl2N4O/c1-11(22-17(24)13-4-7-15(18)16(19)8-13)12-2-5-14(6-3-12)23-10-20-9-21-23/h2-11H,1H3,(H,22,24)/t11-/m1/s1. The molecule has 0 aliphatic carbocycles. The molecule has 1 aromatic heterocycles. The lowest BCUT2D eigenvalue weighted by Gasteiger charge is -2.15. The maximum Gasteiger partial charge on any atom is 0.251 e. The Morgan fingerprint density at radius 3 is 2.50 bits per heavy atom. The van der Waals surface area contributed by atoms with Gasteiger partial charge in [0.05, 0.1) is 21.8 Å². The Morgan fingerprint density at radius 2 is 1.88 bits per heavy atom. The number of rotatable bonds is 4. The number of benzene rings is 2. The summed E-state index contributed by atoms with van der Waals surface area (Å²) in [5.74, 6) is -0.207. The smallest absolute Gasteiger partial charge is 0.251 e. The summed E-state index contributed by atoms with van der Waals surface area (Å²) in [6, 6.07) is 12.4. The van der Waals surface area contributed by atoms with Gasteiger partial charge < -0.3 is 5.32 Å². The molecule has 0 unspecified atom stereocenters. The van der Waals surface area contributed by atoms with Crippen LogP contribution >= 0.6 is 23.2 Å². The van der Waals surface area contributed by atoms with Crippen molar-refractivity contribution in [3.05, 3.63) is 76.3 Å². The minimum atomic E-state index is -0.207. The lowest BCUT2D eigenvalue weighted by atomic mass is 10.1. The van der Waals surface area contributed by atoms with Gasteiger partial charge in [-0.3, -0.25) is 4.79 Å². The fourth-order valence-electron chi connectivity index (χ4n) is 2.26. The number of hydrogen-bond donors (Lipinski definition) is 1. The summed E-state index contributed by atoms with van der Waals surface area (Å²) in [7, 11) is 0. The molecule has 0 aliphatic heterocycles. The quantitative estimate of drug-likeness (QED) is 0.762. The van der Waals surface area contributed by atoms with E-state index in [4.69, 9.17) is 23.2 Å². The monoisotopic (exact) mass is 360 g/mol. The van der Waals surface area contributed by atoms with Crippen molar-refractivity contribution < 1.29 is 4.79 Å². The maximum absolute atomic E-state index is 12.3. The van der Waals surface area contributed by atoms with Gasteiger partial charge in [-0.2, -0.15) is 5.10 Å². The number of amides is 1. The second-order valence-electron chi connectivity index (χ2n) is 5.26. The molecule has 122 valence electrons. The fraction of sp³-hybridized carbons (Fsp3) is 0.118. The van der Waals surface area contributed by atoms with Crippen molar-refractivity contribution in [1.82, 2.24) is 20.1 Å². The highest BCUT2D eigenvalue weighted by molar-refractivity contribution is 6.42. The fourth-order valence-corrected chi connectivity index (χ4v) is 2.56. The van der Waals surface area contributed by atoms with Crippen molar-refractivity contribution in [2.75, 3.05) is 0 Å². The first-order valence-corrected chi connectivity index (χ1v) is 8.01. The van der Waals surface area contributed by atoms with E-state index >= 15 is 0 Å². The van der Waals surface area contributed by atoms with Crippen LogP contribution in [0.4, 0.5) is 0 Å². The van der Waals surface area contributed by atoms with Crippen LogP contribution in [0.15, 0.2) is 55.1 Å². The molecule has 1 N–H and O–H groups in total. The molecule has 0 fully saturated rings. The summed E-state index contributed by atoms with van der Waals surface area (Å²) in [6.07, 6.45) is 3.11. The van der Waals surface area contributed by atoms with Gasteiger partial charge in [0.25, 0.3) is 5.91 Å². The highest BCUT2D eigenvalue weighted by atomic mass is 35.5. The Labute approximate surface area is 149 Å². The van der Waals surface area contributed by atoms with Crippen LogP contribution in [0.1, 0.15) is 28.9 Å². The zero-order chi connectivity index (χ0) is 17.1. The normalized spacial score (nSPS) is 12.0. The first kappa shape index (κ1) is 16.5. The summed E-state index contributed by atoms with van der Waals surface area (Å²) in [5.41, 5.74) is 2.35. The molecular weight excluding hydrogens is 347 g/mol. The highest BCUT2D eigenvalue weighted by Gasteiger charge is 2.13. The van der Waals surface area contributed by atoms with E-state index in [1.54, 1.807) is 29.2 Å². The Hall–Kier alpha value is -2.37. The summed E-state index contributed by atoms with van der Waals surface area (Å²) >= 11 is 11.8. The van der Waals surface area contributed by atoms with Crippen molar-refractivity contribution in [3.8, 4) is 5.69 Å². The Morgan fingerprint density at radius 1 is 1.12 bits per heavy atom. The molecule has 3 rings (SSSR count). The van der Waals surface area contributed by atoms with Gasteiger partial charge in [-0.15, -0.1) is 0 Å². The van der Waals surface area contributed by atoms with Crippen molar-refractivity contribution >= 4 is 29.1 Å². The third-order valence-corrected chi connectivity index (χ3v) is 4.34. The predicted octanol–water partition coefficient (Wildman–Crippen LogP) is 4.07. The molecule has 1 heterocycles. The van der Waals surface area contributed by atoms with Gasteiger partial charge in [-0.05, 0) is 42.8 Å². The van der Waals surface area contributed by atoms with Gasteiger partial charge in [-0.25, -0.2) is 9.67 Å². The molecular formula is C17H14Cl2N4O. The minimum absolute atomic E-state index is 0.156. The van der Waals surface area contributed by atoms with E-state index in [2.05, 4.69) is 15.4 Å². The number of halogens is 2. The van der Waals surface area contributed by atoms with E-state index in [-0.39, 0.29) is 11.9 Å². The zero-order valence-corrected chi connectivity index (χ0v) is 14.3. The van der Waals surface area contributed by atoms with E-state index in [9.17, 15) is 4.79 Å². The van der Waals surface area contributed by atoms with Crippen LogP contribution in [0.5, 0.6) is 0 Å². The van der Waals surface area contributed by atoms with Crippen molar-refractivity contribution in [3.63, 3.8) is 0 Å². The zero-order valence-electron chi connectivity index (χ0n) is 12.8. The molecule has 7 heteroatoms. The third kappa shape index (κ3) is 3.58. The predicted molar refractivity (Wildman–Crippen MR) is 93.7 cm³/mol. The van der Waals surface area contributed by atoms with Crippen molar-refractivity contribution in [2.24, 2.45) is 0 Å². The molecule has 3 aromatic rings. The highest BCUT2D eigenvalue weighted by Crippen LogP contribution is 2.23. The van der Waals surface area contributed by atoms with Crippen LogP contribution in [0.2, 0.25) is 10.0 Å². The van der Waals surface area contributed by atoms with Crippen LogP contribution in [-0.4, -0.2) is 20.7 Å². The average Bonchev–Trinajstić information content (AvgIpc) is 3.12. The minimum Gasteiger partial charge on any atom is -0.346 e. The molecule has 0 radical (unpaired) electrons. The number of carbonyl (C=O) groups excluding carboxylic acids is 1. The summed E-state index contributed by atoms with van der Waals surface area (Å²) < 4.78 is 1.67. The average molecular weight is 361 g/mol. The van der Waals surface area contributed by atoms with Crippen LogP contribution < -0.4 is 5.32 Å². The number of hydrogen-bond acceptors (Lipinski definition) is 3. The van der Waals surface area contributed by atoms with Crippen molar-refractivity contribution in [1.29, 1.82) is 0 Å². The van der Waals surface area contributed by atoms with Crippen LogP contribution in [0, 0.1) is 0 Å². The molecule has 1 amide bonds. The lowest BCUT2D eigenvalue weighted by molar-refractivity contribution is 0.0940. The van der Waals surface area contributed by atoms with Gasteiger partial charge in [0, 0.05) is 5.56 Å². The molecule has 0 spiro atoms. The van der Waals surface area contributed by atoms with Gasteiger partial charge >= 0.3 is 0 Å². The summed E-state index contributed by atoms with van der Waals surface area (Å²) in [4.78, 5) is 16.2. The van der Waals surface area contributed by atoms with Crippen molar-refractivity contribution in [2.45, 2.75) is 13.0 Å². The Bertz CT molecular complexity index is 848. The van der Waals surface area contributed by atoms with Crippen LogP contribution in [0.25, 0.3) is 5.69 Å². The van der Waals surface area contributed by atoms with E-state index in [1.807, 2.05) is 31.2 Å². The van der Waals surface area contributed by atoms with Gasteiger partial charge in [0.15, 0.2) is 0 Å². The molecule has 0 saturated heterocycles. The summed E-state index contributed by atoms with van der Waals surface area (Å²) in [6.45, 7) is 1.92. The molecule has 0 aliphatic rings. The van der Waals surface area contributed by atoms with Crippen LogP contribution in [0.3, 0.4) is 0 Å².